The van der Waals surface area contributed by atoms with Crippen LogP contribution in [0.15, 0.2) is 0 Å². The highest BCUT2D eigenvalue weighted by molar-refractivity contribution is 4.80. The van der Waals surface area contributed by atoms with Gasteiger partial charge in [0.05, 0.1) is 6.10 Å². The third-order valence-electron chi connectivity index (χ3n) is 2.27. The van der Waals surface area contributed by atoms with E-state index in [9.17, 15) is 0 Å². The summed E-state index contributed by atoms with van der Waals surface area (Å²) in [5.74, 6) is 0. The normalized spacial score (nSPS) is 31.0. The van der Waals surface area contributed by atoms with E-state index in [1.807, 2.05) is 0 Å². The van der Waals surface area contributed by atoms with Crippen LogP contribution in [0.3, 0.4) is 0 Å². The molecule has 0 aromatic rings. The van der Waals surface area contributed by atoms with E-state index in [1.54, 1.807) is 0 Å². The first-order valence-corrected chi connectivity index (χ1v) is 4.84. The van der Waals surface area contributed by atoms with E-state index in [0.717, 1.165) is 19.6 Å². The Morgan fingerprint density at radius 2 is 2.08 bits per heavy atom. The Morgan fingerprint density at radius 1 is 1.42 bits per heavy atom. The maximum atomic E-state index is 5.47. The van der Waals surface area contributed by atoms with E-state index in [-0.39, 0.29) is 0 Å². The molecule has 1 unspecified atom stereocenters. The molecule has 0 amide bonds. The highest BCUT2D eigenvalue weighted by atomic mass is 16.5. The highest BCUT2D eigenvalue weighted by Crippen LogP contribution is 2.16. The molecule has 2 atom stereocenters. The molecule has 0 saturated carbocycles. The van der Waals surface area contributed by atoms with Gasteiger partial charge >= 0.3 is 0 Å². The Balaban J connectivity index is 2.23. The van der Waals surface area contributed by atoms with E-state index >= 15 is 0 Å². The second-order valence-electron chi connectivity index (χ2n) is 4.91. The fourth-order valence-electron chi connectivity index (χ4n) is 1.44. The van der Waals surface area contributed by atoms with E-state index in [0.29, 0.717) is 17.6 Å². The van der Waals surface area contributed by atoms with Crippen molar-refractivity contribution in [2.45, 2.75) is 46.3 Å². The zero-order chi connectivity index (χ0) is 9.19. The number of nitrogens with one attached hydrogen (secondary N) is 1. The van der Waals surface area contributed by atoms with E-state index in [2.05, 4.69) is 33.0 Å². The summed E-state index contributed by atoms with van der Waals surface area (Å²) in [6.45, 7) is 10.9. The van der Waals surface area contributed by atoms with Crippen molar-refractivity contribution in [2.24, 2.45) is 5.41 Å². The van der Waals surface area contributed by atoms with E-state index in [4.69, 9.17) is 4.74 Å². The summed E-state index contributed by atoms with van der Waals surface area (Å²) in [4.78, 5) is 0. The van der Waals surface area contributed by atoms with Gasteiger partial charge in [-0.15, -0.1) is 0 Å². The fraction of sp³-hybridized carbons (Fsp3) is 1.00. The van der Waals surface area contributed by atoms with Crippen molar-refractivity contribution in [3.05, 3.63) is 0 Å². The summed E-state index contributed by atoms with van der Waals surface area (Å²) < 4.78 is 5.47. The fourth-order valence-corrected chi connectivity index (χ4v) is 1.44. The van der Waals surface area contributed by atoms with Gasteiger partial charge in [0.15, 0.2) is 0 Å². The minimum absolute atomic E-state index is 0.377. The Morgan fingerprint density at radius 3 is 2.50 bits per heavy atom. The maximum absolute atomic E-state index is 5.47. The van der Waals surface area contributed by atoms with Crippen molar-refractivity contribution in [1.82, 2.24) is 5.32 Å². The first-order valence-electron chi connectivity index (χ1n) is 4.84. The lowest BCUT2D eigenvalue weighted by molar-refractivity contribution is 0.111. The van der Waals surface area contributed by atoms with Crippen LogP contribution in [0.1, 0.15) is 34.1 Å². The molecule has 1 aliphatic rings. The zero-order valence-electron chi connectivity index (χ0n) is 8.68. The van der Waals surface area contributed by atoms with Crippen LogP contribution in [0.4, 0.5) is 0 Å². The minimum atomic E-state index is 0.377. The third kappa shape index (κ3) is 3.11. The Bertz CT molecular complexity index is 139. The summed E-state index contributed by atoms with van der Waals surface area (Å²) in [5, 5.41) is 3.55. The number of ether oxygens (including phenoxy) is 1. The molecule has 1 N–H and O–H groups in total. The van der Waals surface area contributed by atoms with Crippen molar-refractivity contribution in [2.75, 3.05) is 13.2 Å². The van der Waals surface area contributed by atoms with Crippen LogP contribution in [-0.2, 0) is 4.74 Å². The average molecular weight is 171 g/mol. The molecule has 72 valence electrons. The smallest absolute Gasteiger partial charge is 0.0700 e. The van der Waals surface area contributed by atoms with Crippen LogP contribution in [0.25, 0.3) is 0 Å². The summed E-state index contributed by atoms with van der Waals surface area (Å²) in [6.07, 6.45) is 1.56. The van der Waals surface area contributed by atoms with Gasteiger partial charge in [-0.3, -0.25) is 0 Å². The van der Waals surface area contributed by atoms with Crippen molar-refractivity contribution in [1.29, 1.82) is 0 Å². The van der Waals surface area contributed by atoms with Crippen LogP contribution in [0.2, 0.25) is 0 Å². The molecule has 2 nitrogen and oxygen atoms in total. The summed E-state index contributed by atoms with van der Waals surface area (Å²) >= 11 is 0. The molecule has 1 fully saturated rings. The van der Waals surface area contributed by atoms with Crippen molar-refractivity contribution in [3.8, 4) is 0 Å². The maximum Gasteiger partial charge on any atom is 0.0700 e. The standard InChI is InChI=1S/C10H21NO/c1-8-9(5-6-12-8)11-7-10(2,3)4/h8-9,11H,5-7H2,1-4H3/t8-,9?/m1/s1. The lowest BCUT2D eigenvalue weighted by Crippen LogP contribution is -2.39. The van der Waals surface area contributed by atoms with Gasteiger partial charge < -0.3 is 10.1 Å². The van der Waals surface area contributed by atoms with Crippen LogP contribution in [0.5, 0.6) is 0 Å². The van der Waals surface area contributed by atoms with Gasteiger partial charge in [0, 0.05) is 19.2 Å². The topological polar surface area (TPSA) is 21.3 Å². The molecule has 0 bridgehead atoms. The van der Waals surface area contributed by atoms with Gasteiger partial charge in [0.2, 0.25) is 0 Å². The quantitative estimate of drug-likeness (QED) is 0.684. The van der Waals surface area contributed by atoms with E-state index in [1.165, 1.54) is 0 Å². The Kier molecular flexibility index (Phi) is 3.13. The van der Waals surface area contributed by atoms with Gasteiger partial charge in [0.25, 0.3) is 0 Å². The molecule has 0 radical (unpaired) electrons. The first kappa shape index (κ1) is 10.0. The van der Waals surface area contributed by atoms with Gasteiger partial charge in [-0.25, -0.2) is 0 Å². The minimum Gasteiger partial charge on any atom is -0.377 e. The summed E-state index contributed by atoms with van der Waals surface area (Å²) in [6, 6.07) is 0.573. The molecule has 0 spiro atoms. The largest absolute Gasteiger partial charge is 0.377 e. The van der Waals surface area contributed by atoms with Crippen molar-refractivity contribution >= 4 is 0 Å². The average Bonchev–Trinajstić information content (AvgIpc) is 2.29. The van der Waals surface area contributed by atoms with E-state index < -0.39 is 0 Å². The molecule has 1 heterocycles. The predicted octanol–water partition coefficient (Wildman–Crippen LogP) is 1.80. The molecule has 0 aromatic heterocycles. The van der Waals surface area contributed by atoms with Crippen molar-refractivity contribution in [3.63, 3.8) is 0 Å². The monoisotopic (exact) mass is 171 g/mol. The van der Waals surface area contributed by atoms with Gasteiger partial charge in [-0.05, 0) is 18.8 Å². The molecule has 1 aliphatic heterocycles. The summed E-state index contributed by atoms with van der Waals surface area (Å²) in [5.41, 5.74) is 0.377. The number of hydrogen-bond acceptors (Lipinski definition) is 2. The number of hydrogen-bond donors (Lipinski definition) is 1. The lowest BCUT2D eigenvalue weighted by Gasteiger charge is -2.23. The van der Waals surface area contributed by atoms with Gasteiger partial charge in [-0.2, -0.15) is 0 Å². The molecule has 2 heteroatoms. The SMILES string of the molecule is C[C@H]1OCCC1NCC(C)(C)C. The van der Waals surface area contributed by atoms with Crippen LogP contribution in [-0.4, -0.2) is 25.3 Å². The molecule has 0 aliphatic carbocycles. The van der Waals surface area contributed by atoms with Gasteiger partial charge in [-0.1, -0.05) is 20.8 Å². The molecule has 12 heavy (non-hydrogen) atoms. The zero-order valence-corrected chi connectivity index (χ0v) is 8.68. The second-order valence-corrected chi connectivity index (χ2v) is 4.91. The molecule has 0 aromatic carbocycles. The van der Waals surface area contributed by atoms with Gasteiger partial charge in [0.1, 0.15) is 0 Å². The molecule has 1 rings (SSSR count). The molecular formula is C10H21NO. The first-order chi connectivity index (χ1) is 5.49. The Labute approximate surface area is 75.7 Å². The second kappa shape index (κ2) is 3.75. The molecule has 1 saturated heterocycles. The Hall–Kier alpha value is -0.0800. The molecular weight excluding hydrogens is 150 g/mol. The van der Waals surface area contributed by atoms with Crippen LogP contribution < -0.4 is 5.32 Å². The lowest BCUT2D eigenvalue weighted by atomic mass is 9.96. The van der Waals surface area contributed by atoms with Crippen LogP contribution >= 0.6 is 0 Å². The van der Waals surface area contributed by atoms with Crippen LogP contribution in [0, 0.1) is 5.41 Å². The van der Waals surface area contributed by atoms with Crippen molar-refractivity contribution < 1.29 is 4.74 Å². The summed E-state index contributed by atoms with van der Waals surface area (Å²) in [7, 11) is 0. The third-order valence-corrected chi connectivity index (χ3v) is 2.27. The number of rotatable bonds is 2. The highest BCUT2D eigenvalue weighted by Gasteiger charge is 2.24. The predicted molar refractivity (Wildman–Crippen MR) is 51.3 cm³/mol.